The number of furan rings is 1. The van der Waals surface area contributed by atoms with Crippen LogP contribution < -0.4 is 9.80 Å². The molecule has 0 radical (unpaired) electrons. The van der Waals surface area contributed by atoms with Gasteiger partial charge in [0.15, 0.2) is 0 Å². The number of nitrogens with zero attached hydrogens (tertiary/aromatic N) is 2. The number of para-hydroxylation sites is 2. The second-order valence-electron chi connectivity index (χ2n) is 12.8. The molecule has 3 nitrogen and oxygen atoms in total. The molecule has 0 aliphatic carbocycles. The maximum absolute atomic E-state index is 6.50. The molecule has 8 aromatic carbocycles. The van der Waals surface area contributed by atoms with Gasteiger partial charge in [0.25, 0.3) is 0 Å². The highest BCUT2D eigenvalue weighted by atomic mass is 16.3. The van der Waals surface area contributed by atoms with Crippen LogP contribution in [0.25, 0.3) is 43.5 Å². The zero-order valence-electron chi connectivity index (χ0n) is 27.5. The van der Waals surface area contributed by atoms with E-state index in [-0.39, 0.29) is 0 Å². The van der Waals surface area contributed by atoms with Crippen LogP contribution in [0.5, 0.6) is 0 Å². The normalized spacial score (nSPS) is 11.5. The summed E-state index contributed by atoms with van der Waals surface area (Å²) in [5.41, 5.74) is 11.0. The largest absolute Gasteiger partial charge is 0.456 e. The van der Waals surface area contributed by atoms with Gasteiger partial charge in [-0.3, -0.25) is 0 Å². The van der Waals surface area contributed by atoms with E-state index in [1.807, 2.05) is 0 Å². The molecule has 3 heteroatoms. The number of hydrogen-bond donors (Lipinski definition) is 0. The molecule has 1 heterocycles. The zero-order chi connectivity index (χ0) is 32.9. The average Bonchev–Trinajstić information content (AvgIpc) is 3.54. The molecule has 49 heavy (non-hydrogen) atoms. The van der Waals surface area contributed by atoms with Crippen molar-refractivity contribution >= 4 is 77.6 Å². The van der Waals surface area contributed by atoms with Crippen molar-refractivity contribution in [2.45, 2.75) is 13.8 Å². The van der Waals surface area contributed by atoms with Crippen molar-refractivity contribution in [3.63, 3.8) is 0 Å². The topological polar surface area (TPSA) is 19.6 Å². The Bertz CT molecular complexity index is 2420. The summed E-state index contributed by atoms with van der Waals surface area (Å²) in [6.07, 6.45) is 0. The fraction of sp³-hybridized carbons (Fsp3) is 0.0435. The fourth-order valence-electron chi connectivity index (χ4n) is 7.11. The number of rotatable bonds is 6. The summed E-state index contributed by atoms with van der Waals surface area (Å²) in [6, 6.07) is 60.8. The van der Waals surface area contributed by atoms with Crippen molar-refractivity contribution in [1.29, 1.82) is 0 Å². The quantitative estimate of drug-likeness (QED) is 0.182. The molecule has 1 aromatic heterocycles. The second-order valence-corrected chi connectivity index (χ2v) is 12.8. The Labute approximate surface area is 285 Å². The Morgan fingerprint density at radius 1 is 0.347 bits per heavy atom. The zero-order valence-corrected chi connectivity index (χ0v) is 27.5. The van der Waals surface area contributed by atoms with Crippen LogP contribution in [0.15, 0.2) is 174 Å². The van der Waals surface area contributed by atoms with Crippen LogP contribution in [0.1, 0.15) is 11.1 Å². The first-order chi connectivity index (χ1) is 24.1. The molecule has 0 N–H and O–H groups in total. The first-order valence-electron chi connectivity index (χ1n) is 16.8. The molecule has 0 unspecified atom stereocenters. The van der Waals surface area contributed by atoms with Crippen molar-refractivity contribution in [2.75, 3.05) is 9.80 Å². The Morgan fingerprint density at radius 3 is 1.12 bits per heavy atom. The minimum Gasteiger partial charge on any atom is -0.456 e. The molecule has 9 aromatic rings. The molecule has 0 saturated heterocycles. The number of anilines is 6. The van der Waals surface area contributed by atoms with Gasteiger partial charge in [-0.1, -0.05) is 96.1 Å². The Morgan fingerprint density at radius 2 is 0.714 bits per heavy atom. The fourth-order valence-corrected chi connectivity index (χ4v) is 7.11. The second kappa shape index (κ2) is 11.7. The van der Waals surface area contributed by atoms with Crippen LogP contribution in [0.2, 0.25) is 0 Å². The van der Waals surface area contributed by atoms with Crippen LogP contribution >= 0.6 is 0 Å². The SMILES string of the molecule is Cc1ccc(N(c2ccccc2)c2ccc3c(ccc4oc5ccc6cc(N(c7ccccc7)c7ccc(C)cc7)ccc6c5c43)c2)cc1. The van der Waals surface area contributed by atoms with E-state index in [0.29, 0.717) is 0 Å². The average molecular weight is 631 g/mol. The smallest absolute Gasteiger partial charge is 0.136 e. The van der Waals surface area contributed by atoms with E-state index in [4.69, 9.17) is 4.42 Å². The molecule has 0 aliphatic heterocycles. The van der Waals surface area contributed by atoms with E-state index in [9.17, 15) is 0 Å². The van der Waals surface area contributed by atoms with E-state index in [2.05, 4.69) is 194 Å². The van der Waals surface area contributed by atoms with Gasteiger partial charge in [0.05, 0.1) is 0 Å². The third kappa shape index (κ3) is 5.08. The van der Waals surface area contributed by atoms with Crippen LogP contribution in [0.3, 0.4) is 0 Å². The van der Waals surface area contributed by atoms with Crippen molar-refractivity contribution in [3.05, 3.63) is 181 Å². The van der Waals surface area contributed by atoms with Gasteiger partial charge in [-0.2, -0.15) is 0 Å². The Kier molecular flexibility index (Phi) is 6.91. The van der Waals surface area contributed by atoms with Crippen molar-refractivity contribution in [1.82, 2.24) is 0 Å². The van der Waals surface area contributed by atoms with Crippen LogP contribution in [-0.4, -0.2) is 0 Å². The highest BCUT2D eigenvalue weighted by Crippen LogP contribution is 2.43. The van der Waals surface area contributed by atoms with E-state index in [1.54, 1.807) is 0 Å². The van der Waals surface area contributed by atoms with Gasteiger partial charge >= 0.3 is 0 Å². The minimum absolute atomic E-state index is 0.899. The molecule has 0 amide bonds. The maximum atomic E-state index is 6.50. The Hall–Kier alpha value is -6.32. The third-order valence-electron chi connectivity index (χ3n) is 9.53. The van der Waals surface area contributed by atoms with E-state index in [0.717, 1.165) is 56.1 Å². The summed E-state index contributed by atoms with van der Waals surface area (Å²) in [4.78, 5) is 4.64. The molecule has 0 saturated carbocycles. The standard InChI is InChI=1S/C46H34N2O/c1-31-13-19-37(20-14-31)47(35-9-5-3-6-10-35)39-23-25-41-33(29-39)17-27-43-45(41)46-42-26-24-40(30-34(42)18-28-44(46)49-43)48(36-11-7-4-8-12-36)38-21-15-32(2)16-22-38/h3-30H,1-2H3. The molecule has 0 atom stereocenters. The molecule has 234 valence electrons. The summed E-state index contributed by atoms with van der Waals surface area (Å²) in [5.74, 6) is 0. The molecular weight excluding hydrogens is 597 g/mol. The number of aryl methyl sites for hydroxylation is 2. The van der Waals surface area contributed by atoms with Gasteiger partial charge in [-0.05, 0) is 120 Å². The summed E-state index contributed by atoms with van der Waals surface area (Å²) in [6.45, 7) is 4.25. The first kappa shape index (κ1) is 28.9. The summed E-state index contributed by atoms with van der Waals surface area (Å²) < 4.78 is 6.50. The van der Waals surface area contributed by atoms with Crippen molar-refractivity contribution < 1.29 is 4.42 Å². The molecule has 0 fully saturated rings. The van der Waals surface area contributed by atoms with E-state index < -0.39 is 0 Å². The lowest BCUT2D eigenvalue weighted by Crippen LogP contribution is -2.09. The Balaban J connectivity index is 1.21. The van der Waals surface area contributed by atoms with Crippen LogP contribution in [0, 0.1) is 13.8 Å². The van der Waals surface area contributed by atoms with Crippen molar-refractivity contribution in [3.8, 4) is 0 Å². The number of benzene rings is 8. The molecular formula is C46H34N2O. The van der Waals surface area contributed by atoms with Crippen LogP contribution in [0.4, 0.5) is 34.1 Å². The highest BCUT2D eigenvalue weighted by Gasteiger charge is 2.18. The summed E-state index contributed by atoms with van der Waals surface area (Å²) in [5, 5.41) is 7.00. The minimum atomic E-state index is 0.899. The van der Waals surface area contributed by atoms with Gasteiger partial charge in [0.1, 0.15) is 11.2 Å². The number of fused-ring (bicyclic) bond motifs is 7. The van der Waals surface area contributed by atoms with Crippen molar-refractivity contribution in [2.24, 2.45) is 0 Å². The predicted molar refractivity (Wildman–Crippen MR) is 208 cm³/mol. The predicted octanol–water partition coefficient (Wildman–Crippen LogP) is 13.4. The molecule has 0 bridgehead atoms. The van der Waals surface area contributed by atoms with Gasteiger partial charge in [0, 0.05) is 44.9 Å². The molecule has 0 spiro atoms. The lowest BCUT2D eigenvalue weighted by molar-refractivity contribution is 0.669. The van der Waals surface area contributed by atoms with Gasteiger partial charge < -0.3 is 14.2 Å². The van der Waals surface area contributed by atoms with Gasteiger partial charge in [-0.25, -0.2) is 0 Å². The molecule has 9 rings (SSSR count). The number of hydrogen-bond acceptors (Lipinski definition) is 3. The lowest BCUT2D eigenvalue weighted by Gasteiger charge is -2.26. The van der Waals surface area contributed by atoms with E-state index in [1.165, 1.54) is 32.7 Å². The summed E-state index contributed by atoms with van der Waals surface area (Å²) in [7, 11) is 0. The first-order valence-corrected chi connectivity index (χ1v) is 16.8. The van der Waals surface area contributed by atoms with Gasteiger partial charge in [-0.15, -0.1) is 0 Å². The third-order valence-corrected chi connectivity index (χ3v) is 9.53. The highest BCUT2D eigenvalue weighted by molar-refractivity contribution is 6.26. The van der Waals surface area contributed by atoms with E-state index >= 15 is 0 Å². The van der Waals surface area contributed by atoms with Crippen LogP contribution in [-0.2, 0) is 0 Å². The summed E-state index contributed by atoms with van der Waals surface area (Å²) >= 11 is 0. The monoisotopic (exact) mass is 630 g/mol. The lowest BCUT2D eigenvalue weighted by atomic mass is 9.98. The molecule has 0 aliphatic rings. The van der Waals surface area contributed by atoms with Gasteiger partial charge in [0.2, 0.25) is 0 Å². The maximum Gasteiger partial charge on any atom is 0.136 e.